The smallest absolute Gasteiger partial charge is 0.311 e. The Hall–Kier alpha value is -1.55. The van der Waals surface area contributed by atoms with Gasteiger partial charge in [-0.3, -0.25) is 9.59 Å². The van der Waals surface area contributed by atoms with E-state index >= 15 is 0 Å². The van der Waals surface area contributed by atoms with Crippen molar-refractivity contribution in [2.24, 2.45) is 5.92 Å². The zero-order chi connectivity index (χ0) is 15.7. The van der Waals surface area contributed by atoms with Gasteiger partial charge in [-0.2, -0.15) is 0 Å². The Bertz CT molecular complexity index is 469. The van der Waals surface area contributed by atoms with Gasteiger partial charge in [-0.05, 0) is 24.1 Å². The van der Waals surface area contributed by atoms with Crippen molar-refractivity contribution in [1.82, 2.24) is 0 Å². The predicted octanol–water partition coefficient (Wildman–Crippen LogP) is 4.01. The topological polar surface area (TPSA) is 52.6 Å². The molecule has 0 saturated heterocycles. The number of esters is 2. The van der Waals surface area contributed by atoms with Gasteiger partial charge in [-0.1, -0.05) is 44.4 Å². The van der Waals surface area contributed by atoms with E-state index in [4.69, 9.17) is 21.1 Å². The van der Waals surface area contributed by atoms with Crippen LogP contribution in [0.1, 0.15) is 39.5 Å². The summed E-state index contributed by atoms with van der Waals surface area (Å²) in [4.78, 5) is 23.1. The molecule has 0 atom stereocenters. The monoisotopic (exact) mass is 312 g/mol. The van der Waals surface area contributed by atoms with Gasteiger partial charge in [0.25, 0.3) is 0 Å². The number of hydrogen-bond acceptors (Lipinski definition) is 4. The summed E-state index contributed by atoms with van der Waals surface area (Å²) in [5, 5.41) is 0.491. The second-order valence-corrected chi connectivity index (χ2v) is 5.23. The van der Waals surface area contributed by atoms with E-state index in [0.29, 0.717) is 23.3 Å². The number of ether oxygens (including phenoxy) is 2. The third-order valence-electron chi connectivity index (χ3n) is 3.20. The van der Waals surface area contributed by atoms with Crippen molar-refractivity contribution in [2.75, 3.05) is 6.61 Å². The lowest BCUT2D eigenvalue weighted by molar-refractivity contribution is -0.148. The molecule has 0 radical (unpaired) electrons. The fourth-order valence-electron chi connectivity index (χ4n) is 1.72. The number of carbonyl (C=O) groups is 2. The molecule has 0 aliphatic rings. The molecular weight excluding hydrogens is 292 g/mol. The quantitative estimate of drug-likeness (QED) is 0.537. The fourth-order valence-corrected chi connectivity index (χ4v) is 1.90. The number of rotatable bonds is 8. The number of halogens is 1. The average molecular weight is 313 g/mol. The summed E-state index contributed by atoms with van der Waals surface area (Å²) in [5.41, 5.74) is 0. The van der Waals surface area contributed by atoms with E-state index < -0.39 is 5.97 Å². The van der Waals surface area contributed by atoms with Crippen LogP contribution in [0.25, 0.3) is 0 Å². The maximum Gasteiger partial charge on any atom is 0.311 e. The summed E-state index contributed by atoms with van der Waals surface area (Å²) < 4.78 is 10.2. The summed E-state index contributed by atoms with van der Waals surface area (Å²) >= 11 is 5.79. The van der Waals surface area contributed by atoms with E-state index in [0.717, 1.165) is 12.8 Å². The molecule has 4 nitrogen and oxygen atoms in total. The minimum atomic E-state index is -0.475. The Morgan fingerprint density at radius 2 is 1.81 bits per heavy atom. The lowest BCUT2D eigenvalue weighted by Gasteiger charge is -2.12. The molecule has 21 heavy (non-hydrogen) atoms. The zero-order valence-corrected chi connectivity index (χ0v) is 13.2. The third-order valence-corrected chi connectivity index (χ3v) is 3.43. The predicted molar refractivity (Wildman–Crippen MR) is 81.4 cm³/mol. The highest BCUT2D eigenvalue weighted by molar-refractivity contribution is 6.30. The van der Waals surface area contributed by atoms with Gasteiger partial charge in [0.15, 0.2) is 0 Å². The van der Waals surface area contributed by atoms with Crippen LogP contribution < -0.4 is 4.74 Å². The van der Waals surface area contributed by atoms with Gasteiger partial charge in [0, 0.05) is 5.02 Å². The minimum absolute atomic E-state index is 0.00569. The van der Waals surface area contributed by atoms with Gasteiger partial charge in [-0.15, -0.1) is 0 Å². The molecule has 0 saturated carbocycles. The van der Waals surface area contributed by atoms with E-state index in [1.807, 2.05) is 0 Å². The second kappa shape index (κ2) is 9.40. The number of hydrogen-bond donors (Lipinski definition) is 0. The molecule has 1 aromatic rings. The van der Waals surface area contributed by atoms with Gasteiger partial charge >= 0.3 is 11.9 Å². The summed E-state index contributed by atoms with van der Waals surface area (Å²) in [6.07, 6.45) is 1.97. The van der Waals surface area contributed by atoms with Crippen LogP contribution in [0, 0.1) is 5.92 Å². The molecule has 1 rings (SSSR count). The number of carbonyl (C=O) groups excluding carboxylic acids is 2. The van der Waals surface area contributed by atoms with Gasteiger partial charge < -0.3 is 9.47 Å². The average Bonchev–Trinajstić information content (AvgIpc) is 2.46. The highest BCUT2D eigenvalue weighted by Crippen LogP contribution is 2.17. The summed E-state index contributed by atoms with van der Waals surface area (Å²) in [6.45, 7) is 4.53. The summed E-state index contributed by atoms with van der Waals surface area (Å²) in [7, 11) is 0. The molecule has 0 aliphatic carbocycles. The second-order valence-electron chi connectivity index (χ2n) is 4.80. The van der Waals surface area contributed by atoms with Crippen LogP contribution in [0.5, 0.6) is 5.75 Å². The minimum Gasteiger partial charge on any atom is -0.465 e. The van der Waals surface area contributed by atoms with Gasteiger partial charge in [0.1, 0.15) is 5.75 Å². The maximum atomic E-state index is 11.6. The van der Waals surface area contributed by atoms with E-state index in [1.165, 1.54) is 0 Å². The summed E-state index contributed by atoms with van der Waals surface area (Å²) in [5.74, 6) is -0.0908. The first-order chi connectivity index (χ1) is 10.0. The van der Waals surface area contributed by atoms with Crippen LogP contribution in [-0.2, 0) is 14.3 Å². The van der Waals surface area contributed by atoms with Gasteiger partial charge in [0.2, 0.25) is 0 Å². The standard InChI is InChI=1S/C16H21ClO4/c1-3-12(4-2)11-20-15(18)8-9-16(19)21-14-7-5-6-13(17)10-14/h5-7,10,12H,3-4,8-9,11H2,1-2H3. The Morgan fingerprint density at radius 1 is 1.14 bits per heavy atom. The number of benzene rings is 1. The normalized spacial score (nSPS) is 10.5. The first-order valence-corrected chi connectivity index (χ1v) is 7.54. The fraction of sp³-hybridized carbons (Fsp3) is 0.500. The molecular formula is C16H21ClO4. The summed E-state index contributed by atoms with van der Waals surface area (Å²) in [6, 6.07) is 6.56. The molecule has 0 aliphatic heterocycles. The first kappa shape index (κ1) is 17.5. The van der Waals surface area contributed by atoms with Crippen LogP contribution >= 0.6 is 11.6 Å². The highest BCUT2D eigenvalue weighted by atomic mass is 35.5. The molecule has 0 bridgehead atoms. The molecule has 116 valence electrons. The van der Waals surface area contributed by atoms with Crippen molar-refractivity contribution in [2.45, 2.75) is 39.5 Å². The van der Waals surface area contributed by atoms with Crippen LogP contribution in [-0.4, -0.2) is 18.5 Å². The van der Waals surface area contributed by atoms with Crippen molar-refractivity contribution in [3.05, 3.63) is 29.3 Å². The molecule has 0 fully saturated rings. The largest absolute Gasteiger partial charge is 0.465 e. The Kier molecular flexibility index (Phi) is 7.83. The van der Waals surface area contributed by atoms with Gasteiger partial charge in [0.05, 0.1) is 19.4 Å². The third kappa shape index (κ3) is 7.14. The van der Waals surface area contributed by atoms with Crippen molar-refractivity contribution >= 4 is 23.5 Å². The molecule has 0 amide bonds. The van der Waals surface area contributed by atoms with Crippen molar-refractivity contribution in [1.29, 1.82) is 0 Å². The van der Waals surface area contributed by atoms with E-state index in [-0.39, 0.29) is 18.8 Å². The van der Waals surface area contributed by atoms with Gasteiger partial charge in [-0.25, -0.2) is 0 Å². The Balaban J connectivity index is 2.28. The molecule has 0 aromatic heterocycles. The van der Waals surface area contributed by atoms with Crippen molar-refractivity contribution in [3.8, 4) is 5.75 Å². The van der Waals surface area contributed by atoms with Crippen LogP contribution in [0.3, 0.4) is 0 Å². The van der Waals surface area contributed by atoms with Crippen molar-refractivity contribution < 1.29 is 19.1 Å². The van der Waals surface area contributed by atoms with E-state index in [1.54, 1.807) is 24.3 Å². The molecule has 5 heteroatoms. The molecule has 0 N–H and O–H groups in total. The zero-order valence-electron chi connectivity index (χ0n) is 12.4. The maximum absolute atomic E-state index is 11.6. The molecule has 0 spiro atoms. The van der Waals surface area contributed by atoms with Crippen LogP contribution in [0.15, 0.2) is 24.3 Å². The van der Waals surface area contributed by atoms with Crippen LogP contribution in [0.4, 0.5) is 0 Å². The first-order valence-electron chi connectivity index (χ1n) is 7.17. The molecule has 0 unspecified atom stereocenters. The highest BCUT2D eigenvalue weighted by Gasteiger charge is 2.12. The Labute approximate surface area is 130 Å². The molecule has 0 heterocycles. The molecule has 1 aromatic carbocycles. The lowest BCUT2D eigenvalue weighted by atomic mass is 10.1. The van der Waals surface area contributed by atoms with E-state index in [2.05, 4.69) is 13.8 Å². The SMILES string of the molecule is CCC(CC)COC(=O)CCC(=O)Oc1cccc(Cl)c1. The Morgan fingerprint density at radius 3 is 2.43 bits per heavy atom. The van der Waals surface area contributed by atoms with Crippen molar-refractivity contribution in [3.63, 3.8) is 0 Å². The lowest BCUT2D eigenvalue weighted by Crippen LogP contribution is -2.15. The van der Waals surface area contributed by atoms with E-state index in [9.17, 15) is 9.59 Å². The van der Waals surface area contributed by atoms with Crippen LogP contribution in [0.2, 0.25) is 5.02 Å².